The standard InChI is InChI=1S/C19H25NS/c1-4-14-20(2)19(15-16-8-6-5-7-9-16)17-10-12-18(21-3)13-11-17/h5-13,19H,4,14-15H2,1-3H3. The molecule has 0 fully saturated rings. The largest absolute Gasteiger partial charge is 0.299 e. The van der Waals surface area contributed by atoms with E-state index < -0.39 is 0 Å². The van der Waals surface area contributed by atoms with Crippen molar-refractivity contribution in [3.05, 3.63) is 65.7 Å². The minimum Gasteiger partial charge on any atom is -0.299 e. The first-order valence-corrected chi connectivity index (χ1v) is 8.85. The molecule has 1 nitrogen and oxygen atoms in total. The first kappa shape index (κ1) is 16.1. The van der Waals surface area contributed by atoms with Crippen LogP contribution < -0.4 is 0 Å². The van der Waals surface area contributed by atoms with Crippen LogP contribution in [0.3, 0.4) is 0 Å². The Morgan fingerprint density at radius 2 is 1.67 bits per heavy atom. The van der Waals surface area contributed by atoms with Crippen LogP contribution in [0.15, 0.2) is 59.5 Å². The maximum atomic E-state index is 2.47. The molecule has 2 rings (SSSR count). The Morgan fingerprint density at radius 3 is 2.24 bits per heavy atom. The summed E-state index contributed by atoms with van der Waals surface area (Å²) >= 11 is 1.80. The molecule has 0 aliphatic carbocycles. The summed E-state index contributed by atoms with van der Waals surface area (Å²) in [6, 6.07) is 20.3. The first-order valence-electron chi connectivity index (χ1n) is 7.62. The molecule has 0 spiro atoms. The van der Waals surface area contributed by atoms with E-state index in [2.05, 4.69) is 79.7 Å². The molecule has 0 aromatic heterocycles. The molecule has 0 N–H and O–H groups in total. The lowest BCUT2D eigenvalue weighted by molar-refractivity contribution is 0.243. The van der Waals surface area contributed by atoms with Crippen molar-refractivity contribution in [2.24, 2.45) is 0 Å². The van der Waals surface area contributed by atoms with Gasteiger partial charge in [0.15, 0.2) is 0 Å². The summed E-state index contributed by atoms with van der Waals surface area (Å²) < 4.78 is 0. The minimum atomic E-state index is 0.447. The molecule has 0 amide bonds. The van der Waals surface area contributed by atoms with E-state index in [1.54, 1.807) is 11.8 Å². The quantitative estimate of drug-likeness (QED) is 0.659. The van der Waals surface area contributed by atoms with E-state index in [4.69, 9.17) is 0 Å². The number of nitrogens with zero attached hydrogens (tertiary/aromatic N) is 1. The van der Waals surface area contributed by atoms with Gasteiger partial charge in [0.2, 0.25) is 0 Å². The van der Waals surface area contributed by atoms with Gasteiger partial charge in [0, 0.05) is 10.9 Å². The summed E-state index contributed by atoms with van der Waals surface area (Å²) in [6.45, 7) is 3.37. The summed E-state index contributed by atoms with van der Waals surface area (Å²) in [6.07, 6.45) is 4.38. The van der Waals surface area contributed by atoms with Gasteiger partial charge in [-0.25, -0.2) is 0 Å². The first-order chi connectivity index (χ1) is 10.2. The average Bonchev–Trinajstić information content (AvgIpc) is 2.54. The van der Waals surface area contributed by atoms with Gasteiger partial charge in [-0.2, -0.15) is 0 Å². The molecule has 0 saturated carbocycles. The molecule has 1 unspecified atom stereocenters. The third-order valence-corrected chi connectivity index (χ3v) is 4.62. The molecule has 0 aliphatic heterocycles. The summed E-state index contributed by atoms with van der Waals surface area (Å²) in [5, 5.41) is 0. The van der Waals surface area contributed by atoms with Crippen LogP contribution in [-0.2, 0) is 6.42 Å². The molecule has 2 heteroatoms. The van der Waals surface area contributed by atoms with Crippen molar-refractivity contribution >= 4 is 11.8 Å². The van der Waals surface area contributed by atoms with Crippen LogP contribution in [0, 0.1) is 0 Å². The lowest BCUT2D eigenvalue weighted by Crippen LogP contribution is -2.27. The van der Waals surface area contributed by atoms with Gasteiger partial charge in [-0.3, -0.25) is 4.90 Å². The highest BCUT2D eigenvalue weighted by Gasteiger charge is 2.17. The maximum absolute atomic E-state index is 2.47. The highest BCUT2D eigenvalue weighted by atomic mass is 32.2. The molecule has 0 saturated heterocycles. The van der Waals surface area contributed by atoms with Crippen molar-refractivity contribution in [3.63, 3.8) is 0 Å². The summed E-state index contributed by atoms with van der Waals surface area (Å²) in [4.78, 5) is 3.80. The zero-order valence-electron chi connectivity index (χ0n) is 13.3. The molecular weight excluding hydrogens is 274 g/mol. The van der Waals surface area contributed by atoms with Crippen LogP contribution in [0.5, 0.6) is 0 Å². The van der Waals surface area contributed by atoms with Gasteiger partial charge in [0.1, 0.15) is 0 Å². The topological polar surface area (TPSA) is 3.24 Å². The molecule has 2 aromatic rings. The van der Waals surface area contributed by atoms with Gasteiger partial charge < -0.3 is 0 Å². The molecule has 112 valence electrons. The third kappa shape index (κ3) is 4.62. The second kappa shape index (κ2) is 8.26. The van der Waals surface area contributed by atoms with Crippen molar-refractivity contribution in [3.8, 4) is 0 Å². The van der Waals surface area contributed by atoms with E-state index in [0.29, 0.717) is 6.04 Å². The van der Waals surface area contributed by atoms with E-state index in [0.717, 1.165) is 13.0 Å². The number of likely N-dealkylation sites (N-methyl/N-ethyl adjacent to an activating group) is 1. The maximum Gasteiger partial charge on any atom is 0.0385 e. The predicted molar refractivity (Wildman–Crippen MR) is 94.0 cm³/mol. The van der Waals surface area contributed by atoms with E-state index in [9.17, 15) is 0 Å². The lowest BCUT2D eigenvalue weighted by atomic mass is 9.97. The highest BCUT2D eigenvalue weighted by molar-refractivity contribution is 7.98. The second-order valence-electron chi connectivity index (χ2n) is 5.46. The number of hydrogen-bond acceptors (Lipinski definition) is 2. The van der Waals surface area contributed by atoms with Crippen LogP contribution >= 0.6 is 11.8 Å². The average molecular weight is 299 g/mol. The fourth-order valence-corrected chi connectivity index (χ4v) is 3.11. The SMILES string of the molecule is CCCN(C)C(Cc1ccccc1)c1ccc(SC)cc1. The predicted octanol–water partition coefficient (Wildman–Crippen LogP) is 5.03. The van der Waals surface area contributed by atoms with Crippen LogP contribution in [0.4, 0.5) is 0 Å². The van der Waals surface area contributed by atoms with Gasteiger partial charge in [-0.05, 0) is 55.9 Å². The summed E-state index contributed by atoms with van der Waals surface area (Å²) in [7, 11) is 2.24. The van der Waals surface area contributed by atoms with Crippen LogP contribution in [0.25, 0.3) is 0 Å². The molecule has 0 aliphatic rings. The number of thioether (sulfide) groups is 1. The summed E-state index contributed by atoms with van der Waals surface area (Å²) in [5.41, 5.74) is 2.81. The Kier molecular flexibility index (Phi) is 6.34. The zero-order chi connectivity index (χ0) is 15.1. The lowest BCUT2D eigenvalue weighted by Gasteiger charge is -2.28. The molecule has 21 heavy (non-hydrogen) atoms. The van der Waals surface area contributed by atoms with Crippen LogP contribution in [-0.4, -0.2) is 24.7 Å². The molecule has 0 heterocycles. The molecular formula is C19H25NS. The monoisotopic (exact) mass is 299 g/mol. The molecule has 2 aromatic carbocycles. The Balaban J connectivity index is 2.22. The van der Waals surface area contributed by atoms with Crippen LogP contribution in [0.1, 0.15) is 30.5 Å². The van der Waals surface area contributed by atoms with Gasteiger partial charge in [0.05, 0.1) is 0 Å². The zero-order valence-corrected chi connectivity index (χ0v) is 14.1. The Hall–Kier alpha value is -1.25. The fourth-order valence-electron chi connectivity index (χ4n) is 2.70. The Labute approximate surface area is 133 Å². The molecule has 0 bridgehead atoms. The fraction of sp³-hybridized carbons (Fsp3) is 0.368. The number of rotatable bonds is 7. The summed E-state index contributed by atoms with van der Waals surface area (Å²) in [5.74, 6) is 0. The van der Waals surface area contributed by atoms with Gasteiger partial charge in [0.25, 0.3) is 0 Å². The smallest absolute Gasteiger partial charge is 0.0385 e. The van der Waals surface area contributed by atoms with E-state index in [1.807, 2.05) is 0 Å². The van der Waals surface area contributed by atoms with Crippen molar-refractivity contribution in [2.45, 2.75) is 30.7 Å². The molecule has 1 atom stereocenters. The van der Waals surface area contributed by atoms with E-state index >= 15 is 0 Å². The van der Waals surface area contributed by atoms with Crippen molar-refractivity contribution in [2.75, 3.05) is 19.8 Å². The van der Waals surface area contributed by atoms with Gasteiger partial charge >= 0.3 is 0 Å². The van der Waals surface area contributed by atoms with Gasteiger partial charge in [-0.15, -0.1) is 11.8 Å². The highest BCUT2D eigenvalue weighted by Crippen LogP contribution is 2.26. The van der Waals surface area contributed by atoms with Crippen LogP contribution in [0.2, 0.25) is 0 Å². The Bertz CT molecular complexity index is 521. The Morgan fingerprint density at radius 1 is 1.00 bits per heavy atom. The minimum absolute atomic E-state index is 0.447. The molecule has 0 radical (unpaired) electrons. The van der Waals surface area contributed by atoms with E-state index in [-0.39, 0.29) is 0 Å². The van der Waals surface area contributed by atoms with Crippen molar-refractivity contribution in [1.29, 1.82) is 0 Å². The number of hydrogen-bond donors (Lipinski definition) is 0. The van der Waals surface area contributed by atoms with Gasteiger partial charge in [-0.1, -0.05) is 49.4 Å². The van der Waals surface area contributed by atoms with Crippen molar-refractivity contribution < 1.29 is 0 Å². The van der Waals surface area contributed by atoms with E-state index in [1.165, 1.54) is 22.4 Å². The number of benzene rings is 2. The normalized spacial score (nSPS) is 12.6. The second-order valence-corrected chi connectivity index (χ2v) is 6.34. The van der Waals surface area contributed by atoms with Crippen molar-refractivity contribution in [1.82, 2.24) is 4.90 Å². The third-order valence-electron chi connectivity index (χ3n) is 3.88.